The van der Waals surface area contributed by atoms with Gasteiger partial charge in [0.05, 0.1) is 7.11 Å². The summed E-state index contributed by atoms with van der Waals surface area (Å²) in [4.78, 5) is 11.6. The number of hydrogen-bond donors (Lipinski definition) is 0. The molecule has 0 saturated carbocycles. The minimum Gasteiger partial charge on any atom is -0.485 e. The van der Waals surface area contributed by atoms with Crippen LogP contribution in [0.25, 0.3) is 0 Å². The van der Waals surface area contributed by atoms with Crippen molar-refractivity contribution in [2.45, 2.75) is 10.9 Å². The molecule has 1 aromatic heterocycles. The van der Waals surface area contributed by atoms with Gasteiger partial charge in [-0.3, -0.25) is 0 Å². The first-order valence-electron chi connectivity index (χ1n) is 5.51. The number of benzene rings is 1. The Morgan fingerprint density at radius 3 is 2.90 bits per heavy atom. The van der Waals surface area contributed by atoms with Crippen LogP contribution in [-0.4, -0.2) is 29.5 Å². The monoisotopic (exact) mass is 330 g/mol. The average Bonchev–Trinajstić information content (AvgIpc) is 2.92. The number of nitrogens with zero attached hydrogens (tertiary/aromatic N) is 2. The summed E-state index contributed by atoms with van der Waals surface area (Å²) < 4.78 is 11.2. The van der Waals surface area contributed by atoms with Gasteiger partial charge in [0.15, 0.2) is 9.35 Å². The molecule has 2 aromatic rings. The molecule has 20 heavy (non-hydrogen) atoms. The first kappa shape index (κ1) is 15.1. The summed E-state index contributed by atoms with van der Waals surface area (Å²) in [6.45, 7) is 0.225. The Morgan fingerprint density at radius 1 is 1.45 bits per heavy atom. The lowest BCUT2D eigenvalue weighted by Gasteiger charge is -2.09. The van der Waals surface area contributed by atoms with Crippen LogP contribution in [0.2, 0.25) is 5.02 Å². The number of thioether (sulfide) groups is 1. The maximum absolute atomic E-state index is 11.6. The van der Waals surface area contributed by atoms with E-state index >= 15 is 0 Å². The fraction of sp³-hybridized carbons (Fsp3) is 0.250. The molecule has 0 radical (unpaired) electrons. The molecule has 0 N–H and O–H groups in total. The van der Waals surface area contributed by atoms with Gasteiger partial charge in [0, 0.05) is 5.02 Å². The van der Waals surface area contributed by atoms with Gasteiger partial charge in [-0.05, 0) is 24.5 Å². The summed E-state index contributed by atoms with van der Waals surface area (Å²) >= 11 is 8.87. The minimum absolute atomic E-state index is 0.225. The second-order valence-corrected chi connectivity index (χ2v) is 6.14. The van der Waals surface area contributed by atoms with E-state index in [0.717, 1.165) is 9.35 Å². The van der Waals surface area contributed by atoms with Gasteiger partial charge in [0.25, 0.3) is 0 Å². The molecule has 0 bridgehead atoms. The Bertz CT molecular complexity index is 618. The highest BCUT2D eigenvalue weighted by molar-refractivity contribution is 8.00. The Kier molecular flexibility index (Phi) is 5.22. The summed E-state index contributed by atoms with van der Waals surface area (Å²) in [7, 11) is 1.32. The van der Waals surface area contributed by atoms with E-state index in [1.54, 1.807) is 18.2 Å². The van der Waals surface area contributed by atoms with Crippen molar-refractivity contribution < 1.29 is 14.3 Å². The molecule has 1 aromatic carbocycles. The molecule has 0 spiro atoms. The van der Waals surface area contributed by atoms with E-state index in [-0.39, 0.29) is 6.61 Å². The maximum atomic E-state index is 11.6. The first-order valence-corrected chi connectivity index (χ1v) is 7.93. The molecule has 5 nitrogen and oxygen atoms in total. The van der Waals surface area contributed by atoms with Crippen molar-refractivity contribution in [1.29, 1.82) is 0 Å². The van der Waals surface area contributed by atoms with Crippen LogP contribution in [0.15, 0.2) is 22.5 Å². The van der Waals surface area contributed by atoms with E-state index < -0.39 is 5.97 Å². The fourth-order valence-corrected chi connectivity index (χ4v) is 2.80. The zero-order valence-electron chi connectivity index (χ0n) is 10.8. The van der Waals surface area contributed by atoms with Crippen LogP contribution in [0.3, 0.4) is 0 Å². The summed E-state index contributed by atoms with van der Waals surface area (Å²) in [5.41, 5.74) is 0.325. The van der Waals surface area contributed by atoms with Gasteiger partial charge in [-0.2, -0.15) is 0 Å². The summed E-state index contributed by atoms with van der Waals surface area (Å²) in [6.07, 6.45) is 1.93. The standard InChI is InChI=1S/C12H11ClN2O3S2/c1-17-11(16)8-4-3-7(13)5-9(8)18-6-10-14-15-12(19-2)20-10/h3-5H,6H2,1-2H3. The van der Waals surface area contributed by atoms with E-state index in [1.165, 1.54) is 30.2 Å². The van der Waals surface area contributed by atoms with Crippen molar-refractivity contribution in [3.63, 3.8) is 0 Å². The lowest BCUT2D eigenvalue weighted by atomic mass is 10.2. The molecule has 1 heterocycles. The highest BCUT2D eigenvalue weighted by atomic mass is 35.5. The molecular formula is C12H11ClN2O3S2. The number of carbonyl (C=O) groups excluding carboxylic acids is 1. The molecular weight excluding hydrogens is 320 g/mol. The zero-order valence-corrected chi connectivity index (χ0v) is 13.1. The van der Waals surface area contributed by atoms with E-state index in [4.69, 9.17) is 21.1 Å². The van der Waals surface area contributed by atoms with Gasteiger partial charge in [0.1, 0.15) is 17.9 Å². The third-order valence-electron chi connectivity index (χ3n) is 2.32. The lowest BCUT2D eigenvalue weighted by molar-refractivity contribution is 0.0595. The van der Waals surface area contributed by atoms with Gasteiger partial charge >= 0.3 is 5.97 Å². The van der Waals surface area contributed by atoms with E-state index in [2.05, 4.69) is 10.2 Å². The SMILES string of the molecule is COC(=O)c1ccc(Cl)cc1OCc1nnc(SC)s1. The maximum Gasteiger partial charge on any atom is 0.341 e. The molecule has 0 saturated heterocycles. The average molecular weight is 331 g/mol. The smallest absolute Gasteiger partial charge is 0.341 e. The van der Waals surface area contributed by atoms with Crippen molar-refractivity contribution in [1.82, 2.24) is 10.2 Å². The number of ether oxygens (including phenoxy) is 2. The molecule has 8 heteroatoms. The van der Waals surface area contributed by atoms with Crippen LogP contribution in [0.4, 0.5) is 0 Å². The molecule has 0 amide bonds. The normalized spacial score (nSPS) is 10.3. The van der Waals surface area contributed by atoms with Crippen LogP contribution < -0.4 is 4.74 Å². The number of halogens is 1. The molecule has 0 fully saturated rings. The Morgan fingerprint density at radius 2 is 2.25 bits per heavy atom. The van der Waals surface area contributed by atoms with Crippen molar-refractivity contribution >= 4 is 40.7 Å². The summed E-state index contributed by atoms with van der Waals surface area (Å²) in [5, 5.41) is 9.17. The Labute approximate surface area is 129 Å². The Hall–Kier alpha value is -1.31. The third kappa shape index (κ3) is 3.62. The second-order valence-electron chi connectivity index (χ2n) is 3.59. The highest BCUT2D eigenvalue weighted by Crippen LogP contribution is 2.26. The number of methoxy groups -OCH3 is 1. The quantitative estimate of drug-likeness (QED) is 0.619. The predicted molar refractivity (Wildman–Crippen MR) is 78.8 cm³/mol. The number of hydrogen-bond acceptors (Lipinski definition) is 7. The van der Waals surface area contributed by atoms with Gasteiger partial charge in [-0.25, -0.2) is 4.79 Å². The van der Waals surface area contributed by atoms with Crippen molar-refractivity contribution in [2.75, 3.05) is 13.4 Å². The predicted octanol–water partition coefficient (Wildman–Crippen LogP) is 3.28. The summed E-state index contributed by atoms with van der Waals surface area (Å²) in [5.74, 6) is -0.107. The van der Waals surface area contributed by atoms with Crippen LogP contribution in [-0.2, 0) is 11.3 Å². The molecule has 0 atom stereocenters. The molecule has 106 valence electrons. The van der Waals surface area contributed by atoms with Gasteiger partial charge in [0.2, 0.25) is 0 Å². The molecule has 0 aliphatic heterocycles. The Balaban J connectivity index is 2.15. The lowest BCUT2D eigenvalue weighted by Crippen LogP contribution is -2.05. The van der Waals surface area contributed by atoms with E-state index in [0.29, 0.717) is 16.3 Å². The number of rotatable bonds is 5. The van der Waals surface area contributed by atoms with Crippen LogP contribution in [0.5, 0.6) is 5.75 Å². The minimum atomic E-state index is -0.473. The van der Waals surface area contributed by atoms with Crippen LogP contribution >= 0.6 is 34.7 Å². The van der Waals surface area contributed by atoms with Gasteiger partial charge in [-0.1, -0.05) is 34.7 Å². The zero-order chi connectivity index (χ0) is 14.5. The largest absolute Gasteiger partial charge is 0.485 e. The molecule has 0 unspecified atom stereocenters. The topological polar surface area (TPSA) is 61.3 Å². The van der Waals surface area contributed by atoms with Crippen LogP contribution in [0.1, 0.15) is 15.4 Å². The van der Waals surface area contributed by atoms with E-state index in [9.17, 15) is 4.79 Å². The number of aromatic nitrogens is 2. The molecule has 2 rings (SSSR count). The third-order valence-corrected chi connectivity index (χ3v) is 4.43. The second kappa shape index (κ2) is 6.92. The van der Waals surface area contributed by atoms with Crippen molar-refractivity contribution in [3.05, 3.63) is 33.8 Å². The van der Waals surface area contributed by atoms with Gasteiger partial charge in [-0.15, -0.1) is 10.2 Å². The van der Waals surface area contributed by atoms with Crippen molar-refractivity contribution in [3.8, 4) is 5.75 Å². The first-order chi connectivity index (χ1) is 9.63. The number of esters is 1. The summed E-state index contributed by atoms with van der Waals surface area (Å²) in [6, 6.07) is 4.75. The van der Waals surface area contributed by atoms with Crippen LogP contribution in [0, 0.1) is 0 Å². The fourth-order valence-electron chi connectivity index (χ4n) is 1.41. The molecule has 0 aliphatic rings. The highest BCUT2D eigenvalue weighted by Gasteiger charge is 2.14. The van der Waals surface area contributed by atoms with E-state index in [1.807, 2.05) is 6.26 Å². The molecule has 0 aliphatic carbocycles. The number of carbonyl (C=O) groups is 1. The van der Waals surface area contributed by atoms with Gasteiger partial charge < -0.3 is 9.47 Å². The van der Waals surface area contributed by atoms with Crippen molar-refractivity contribution in [2.24, 2.45) is 0 Å².